The molecule has 96 valence electrons. The summed E-state index contributed by atoms with van der Waals surface area (Å²) >= 11 is 0. The van der Waals surface area contributed by atoms with Crippen LogP contribution in [0.5, 0.6) is 0 Å². The lowest BCUT2D eigenvalue weighted by atomic mass is 10.1. The Labute approximate surface area is 109 Å². The molecule has 0 radical (unpaired) electrons. The summed E-state index contributed by atoms with van der Waals surface area (Å²) < 4.78 is 5.56. The minimum Gasteiger partial charge on any atom is -0.466 e. The Kier molecular flexibility index (Phi) is 3.87. The summed E-state index contributed by atoms with van der Waals surface area (Å²) in [6, 6.07) is 11.1. The van der Waals surface area contributed by atoms with Crippen LogP contribution in [0, 0.1) is 20.8 Å². The zero-order chi connectivity index (χ0) is 13.1. The van der Waals surface area contributed by atoms with Crippen LogP contribution in [0.25, 0.3) is 0 Å². The predicted molar refractivity (Wildman–Crippen MR) is 74.6 cm³/mol. The third-order valence-electron chi connectivity index (χ3n) is 3.28. The van der Waals surface area contributed by atoms with E-state index >= 15 is 0 Å². The van der Waals surface area contributed by atoms with Gasteiger partial charge in [-0.05, 0) is 39.3 Å². The fourth-order valence-electron chi connectivity index (χ4n) is 2.17. The normalized spacial score (nSPS) is 12.7. The molecule has 0 amide bonds. The summed E-state index contributed by atoms with van der Waals surface area (Å²) in [5, 5.41) is 3.53. The molecule has 2 aromatic rings. The van der Waals surface area contributed by atoms with Gasteiger partial charge in [-0.2, -0.15) is 0 Å². The van der Waals surface area contributed by atoms with E-state index < -0.39 is 0 Å². The van der Waals surface area contributed by atoms with E-state index in [0.29, 0.717) is 6.04 Å². The van der Waals surface area contributed by atoms with E-state index in [0.717, 1.165) is 18.1 Å². The molecule has 0 aliphatic carbocycles. The molecule has 1 atom stereocenters. The summed E-state index contributed by atoms with van der Waals surface area (Å²) in [6.45, 7) is 9.17. The number of rotatable bonds is 4. The van der Waals surface area contributed by atoms with Crippen LogP contribution in [0.1, 0.15) is 41.2 Å². The van der Waals surface area contributed by atoms with Gasteiger partial charge in [-0.15, -0.1) is 0 Å². The van der Waals surface area contributed by atoms with Gasteiger partial charge in [0, 0.05) is 18.2 Å². The van der Waals surface area contributed by atoms with Gasteiger partial charge >= 0.3 is 0 Å². The predicted octanol–water partition coefficient (Wildman–Crippen LogP) is 4.06. The van der Waals surface area contributed by atoms with E-state index in [1.807, 2.05) is 13.8 Å². The Morgan fingerprint density at radius 2 is 1.78 bits per heavy atom. The average Bonchev–Trinajstić information content (AvgIpc) is 2.67. The maximum atomic E-state index is 5.56. The molecule has 0 saturated heterocycles. The van der Waals surface area contributed by atoms with Crippen molar-refractivity contribution in [3.63, 3.8) is 0 Å². The van der Waals surface area contributed by atoms with Crippen molar-refractivity contribution in [3.8, 4) is 0 Å². The fraction of sp³-hybridized carbons (Fsp3) is 0.375. The molecule has 0 saturated carbocycles. The molecular formula is C16H21NO. The summed E-state index contributed by atoms with van der Waals surface area (Å²) in [5.74, 6) is 1.99. The van der Waals surface area contributed by atoms with Gasteiger partial charge in [-0.25, -0.2) is 0 Å². The third kappa shape index (κ3) is 3.02. The second-order valence-corrected chi connectivity index (χ2v) is 4.96. The smallest absolute Gasteiger partial charge is 0.105 e. The summed E-state index contributed by atoms with van der Waals surface area (Å²) in [5.41, 5.74) is 3.86. The molecule has 2 nitrogen and oxygen atoms in total. The lowest BCUT2D eigenvalue weighted by Crippen LogP contribution is -2.18. The Hall–Kier alpha value is -1.54. The lowest BCUT2D eigenvalue weighted by Gasteiger charge is -2.13. The van der Waals surface area contributed by atoms with Crippen LogP contribution in [0.3, 0.4) is 0 Å². The number of hydrogen-bond donors (Lipinski definition) is 1. The lowest BCUT2D eigenvalue weighted by molar-refractivity contribution is 0.489. The van der Waals surface area contributed by atoms with Gasteiger partial charge in [0.1, 0.15) is 11.5 Å². The quantitative estimate of drug-likeness (QED) is 0.876. The molecule has 2 heteroatoms. The van der Waals surface area contributed by atoms with Gasteiger partial charge in [-0.3, -0.25) is 0 Å². The van der Waals surface area contributed by atoms with Gasteiger partial charge in [0.25, 0.3) is 0 Å². The summed E-state index contributed by atoms with van der Waals surface area (Å²) in [4.78, 5) is 0. The van der Waals surface area contributed by atoms with E-state index in [-0.39, 0.29) is 0 Å². The number of furan rings is 1. The Balaban J connectivity index is 1.98. The van der Waals surface area contributed by atoms with Crippen LogP contribution in [-0.2, 0) is 6.54 Å². The van der Waals surface area contributed by atoms with Crippen LogP contribution >= 0.6 is 0 Å². The maximum absolute atomic E-state index is 5.56. The van der Waals surface area contributed by atoms with Gasteiger partial charge in [0.05, 0.1) is 0 Å². The van der Waals surface area contributed by atoms with E-state index in [4.69, 9.17) is 4.42 Å². The molecule has 1 aromatic heterocycles. The number of benzene rings is 1. The molecule has 0 aliphatic rings. The van der Waals surface area contributed by atoms with E-state index in [9.17, 15) is 0 Å². The average molecular weight is 243 g/mol. The van der Waals surface area contributed by atoms with Crippen molar-refractivity contribution in [2.24, 2.45) is 0 Å². The fourth-order valence-corrected chi connectivity index (χ4v) is 2.17. The minimum atomic E-state index is 0.309. The second-order valence-electron chi connectivity index (χ2n) is 4.96. The molecular weight excluding hydrogens is 222 g/mol. The molecule has 0 fully saturated rings. The second kappa shape index (κ2) is 5.40. The van der Waals surface area contributed by atoms with Crippen LogP contribution in [0.2, 0.25) is 0 Å². The first-order valence-electron chi connectivity index (χ1n) is 6.42. The van der Waals surface area contributed by atoms with E-state index in [2.05, 4.69) is 49.5 Å². The van der Waals surface area contributed by atoms with Crippen molar-refractivity contribution < 1.29 is 4.42 Å². The van der Waals surface area contributed by atoms with E-state index in [1.165, 1.54) is 16.7 Å². The van der Waals surface area contributed by atoms with Crippen molar-refractivity contribution in [1.29, 1.82) is 0 Å². The van der Waals surface area contributed by atoms with Crippen LogP contribution < -0.4 is 5.32 Å². The first kappa shape index (κ1) is 12.9. The number of aryl methyl sites for hydroxylation is 3. The molecule has 2 rings (SSSR count). The summed E-state index contributed by atoms with van der Waals surface area (Å²) in [6.07, 6.45) is 0. The maximum Gasteiger partial charge on any atom is 0.105 e. The minimum absolute atomic E-state index is 0.309. The SMILES string of the molecule is Cc1ccc(CNC(C)c2cc(C)oc2C)cc1. The molecule has 0 spiro atoms. The first-order chi connectivity index (χ1) is 8.56. The van der Waals surface area contributed by atoms with Crippen molar-refractivity contribution in [2.75, 3.05) is 0 Å². The highest BCUT2D eigenvalue weighted by atomic mass is 16.3. The highest BCUT2D eigenvalue weighted by Gasteiger charge is 2.11. The van der Waals surface area contributed by atoms with Crippen LogP contribution in [0.4, 0.5) is 0 Å². The molecule has 1 N–H and O–H groups in total. The summed E-state index contributed by atoms with van der Waals surface area (Å²) in [7, 11) is 0. The largest absolute Gasteiger partial charge is 0.466 e. The molecule has 18 heavy (non-hydrogen) atoms. The molecule has 0 bridgehead atoms. The zero-order valence-electron chi connectivity index (χ0n) is 11.6. The third-order valence-corrected chi connectivity index (χ3v) is 3.28. The monoisotopic (exact) mass is 243 g/mol. The molecule has 1 aromatic carbocycles. The van der Waals surface area contributed by atoms with Crippen LogP contribution in [-0.4, -0.2) is 0 Å². The van der Waals surface area contributed by atoms with Crippen LogP contribution in [0.15, 0.2) is 34.7 Å². The van der Waals surface area contributed by atoms with Gasteiger partial charge < -0.3 is 9.73 Å². The van der Waals surface area contributed by atoms with Crippen molar-refractivity contribution >= 4 is 0 Å². The zero-order valence-corrected chi connectivity index (χ0v) is 11.6. The van der Waals surface area contributed by atoms with Gasteiger partial charge in [-0.1, -0.05) is 29.8 Å². The molecule has 1 heterocycles. The van der Waals surface area contributed by atoms with Crippen molar-refractivity contribution in [3.05, 3.63) is 58.5 Å². The highest BCUT2D eigenvalue weighted by Crippen LogP contribution is 2.21. The van der Waals surface area contributed by atoms with Crippen molar-refractivity contribution in [2.45, 2.75) is 40.3 Å². The first-order valence-corrected chi connectivity index (χ1v) is 6.42. The van der Waals surface area contributed by atoms with E-state index in [1.54, 1.807) is 0 Å². The van der Waals surface area contributed by atoms with Gasteiger partial charge in [0.15, 0.2) is 0 Å². The Morgan fingerprint density at radius 1 is 1.11 bits per heavy atom. The molecule has 0 aliphatic heterocycles. The Morgan fingerprint density at radius 3 is 2.33 bits per heavy atom. The van der Waals surface area contributed by atoms with Gasteiger partial charge in [0.2, 0.25) is 0 Å². The topological polar surface area (TPSA) is 25.2 Å². The highest BCUT2D eigenvalue weighted by molar-refractivity contribution is 5.24. The Bertz CT molecular complexity index is 510. The molecule has 1 unspecified atom stereocenters. The van der Waals surface area contributed by atoms with Crippen molar-refractivity contribution in [1.82, 2.24) is 5.32 Å². The number of hydrogen-bond acceptors (Lipinski definition) is 2. The standard InChI is InChI=1S/C16H21NO/c1-11-5-7-15(8-6-11)10-17-13(3)16-9-12(2)18-14(16)4/h5-9,13,17H,10H2,1-4H3. The number of nitrogens with one attached hydrogen (secondary N) is 1.